The molecule has 0 saturated carbocycles. The number of alkyl halides is 1. The van der Waals surface area contributed by atoms with Crippen molar-refractivity contribution in [3.8, 4) is 0 Å². The van der Waals surface area contributed by atoms with Crippen molar-refractivity contribution >= 4 is 59.1 Å². The van der Waals surface area contributed by atoms with Crippen molar-refractivity contribution in [1.29, 1.82) is 0 Å². The Morgan fingerprint density at radius 2 is 1.88 bits per heavy atom. The molecule has 0 nitrogen and oxygen atoms in total. The molecule has 1 unspecified atom stereocenters. The summed E-state index contributed by atoms with van der Waals surface area (Å²) in [4.78, 5) is 1.93. The van der Waals surface area contributed by atoms with E-state index in [-0.39, 0.29) is 0 Å². The summed E-state index contributed by atoms with van der Waals surface area (Å²) in [5.41, 5.74) is 0. The van der Waals surface area contributed by atoms with Crippen molar-refractivity contribution < 1.29 is 0 Å². The molecule has 0 aromatic carbocycles. The van der Waals surface area contributed by atoms with Crippen molar-refractivity contribution in [1.82, 2.24) is 0 Å². The maximum absolute atomic E-state index is 3.77. The Labute approximate surface area is 128 Å². The molecule has 0 radical (unpaired) electrons. The lowest BCUT2D eigenvalue weighted by Crippen LogP contribution is -1.86. The standard InChI is InChI=1S/C12H17Br3S/c1-2-3-4-5-6-7-9(13)11-8-10(14)12(15)16-11/h8-9H,2-7H2,1H3. The minimum Gasteiger partial charge on any atom is -0.131 e. The van der Waals surface area contributed by atoms with Gasteiger partial charge in [0.25, 0.3) is 0 Å². The topological polar surface area (TPSA) is 0 Å². The number of hydrogen-bond acceptors (Lipinski definition) is 1. The van der Waals surface area contributed by atoms with Gasteiger partial charge in [-0.3, -0.25) is 0 Å². The van der Waals surface area contributed by atoms with Crippen LogP contribution in [0, 0.1) is 0 Å². The highest BCUT2D eigenvalue weighted by molar-refractivity contribution is 9.13. The molecule has 0 aliphatic heterocycles. The number of thiophene rings is 1. The quantitative estimate of drug-likeness (QED) is 0.319. The summed E-state index contributed by atoms with van der Waals surface area (Å²) in [6.07, 6.45) is 8.01. The second-order valence-electron chi connectivity index (χ2n) is 3.94. The largest absolute Gasteiger partial charge is 0.131 e. The monoisotopic (exact) mass is 430 g/mol. The first-order valence-corrected chi connectivity index (χ1v) is 9.05. The Morgan fingerprint density at radius 1 is 1.19 bits per heavy atom. The summed E-state index contributed by atoms with van der Waals surface area (Å²) in [5, 5.41) is 0. The SMILES string of the molecule is CCCCCCCC(Br)c1cc(Br)c(Br)s1. The second kappa shape index (κ2) is 8.28. The van der Waals surface area contributed by atoms with E-state index in [0.717, 1.165) is 0 Å². The van der Waals surface area contributed by atoms with E-state index in [1.165, 1.54) is 51.7 Å². The van der Waals surface area contributed by atoms with Gasteiger partial charge >= 0.3 is 0 Å². The maximum atomic E-state index is 3.77. The summed E-state index contributed by atoms with van der Waals surface area (Å²) in [6, 6.07) is 2.21. The molecule has 0 spiro atoms. The van der Waals surface area contributed by atoms with Gasteiger partial charge in [0.05, 0.1) is 3.79 Å². The van der Waals surface area contributed by atoms with Crippen LogP contribution in [0.4, 0.5) is 0 Å². The van der Waals surface area contributed by atoms with Gasteiger partial charge in [0.15, 0.2) is 0 Å². The fourth-order valence-electron chi connectivity index (χ4n) is 1.59. The van der Waals surface area contributed by atoms with Gasteiger partial charge in [-0.15, -0.1) is 11.3 Å². The molecule has 0 N–H and O–H groups in total. The average molecular weight is 433 g/mol. The van der Waals surface area contributed by atoms with E-state index in [1.54, 1.807) is 0 Å². The van der Waals surface area contributed by atoms with Gasteiger partial charge in [0.2, 0.25) is 0 Å². The minimum absolute atomic E-state index is 0.515. The van der Waals surface area contributed by atoms with Crippen molar-refractivity contribution in [2.24, 2.45) is 0 Å². The minimum atomic E-state index is 0.515. The third-order valence-electron chi connectivity index (χ3n) is 2.53. The summed E-state index contributed by atoms with van der Waals surface area (Å²) in [7, 11) is 0. The molecule has 16 heavy (non-hydrogen) atoms. The Balaban J connectivity index is 2.27. The second-order valence-corrected chi connectivity index (χ2v) is 8.30. The third kappa shape index (κ3) is 5.19. The molecule has 1 aromatic heterocycles. The zero-order valence-electron chi connectivity index (χ0n) is 9.44. The molecule has 0 aliphatic rings. The summed E-state index contributed by atoms with van der Waals surface area (Å²) >= 11 is 12.7. The molecular formula is C12H17Br3S. The van der Waals surface area contributed by atoms with Crippen LogP contribution in [0.5, 0.6) is 0 Å². The van der Waals surface area contributed by atoms with Gasteiger partial charge < -0.3 is 0 Å². The number of rotatable bonds is 7. The molecule has 1 rings (SSSR count). The van der Waals surface area contributed by atoms with Gasteiger partial charge in [0.1, 0.15) is 0 Å². The van der Waals surface area contributed by atoms with E-state index >= 15 is 0 Å². The Hall–Kier alpha value is 1.14. The van der Waals surface area contributed by atoms with Crippen LogP contribution >= 0.6 is 59.1 Å². The van der Waals surface area contributed by atoms with Gasteiger partial charge in [-0.2, -0.15) is 0 Å². The first kappa shape index (κ1) is 15.2. The molecule has 0 aliphatic carbocycles. The van der Waals surface area contributed by atoms with Crippen molar-refractivity contribution in [3.63, 3.8) is 0 Å². The summed E-state index contributed by atoms with van der Waals surface area (Å²) < 4.78 is 2.36. The summed E-state index contributed by atoms with van der Waals surface area (Å²) in [5.74, 6) is 0. The molecule has 1 atom stereocenters. The zero-order valence-corrected chi connectivity index (χ0v) is 15.0. The highest BCUT2D eigenvalue weighted by Crippen LogP contribution is 2.40. The van der Waals surface area contributed by atoms with Crippen LogP contribution in [0.15, 0.2) is 14.3 Å². The first-order valence-electron chi connectivity index (χ1n) is 5.74. The smallest absolute Gasteiger partial charge is 0.0843 e. The normalized spacial score (nSPS) is 13.0. The van der Waals surface area contributed by atoms with Crippen molar-refractivity contribution in [3.05, 3.63) is 19.2 Å². The Morgan fingerprint density at radius 3 is 2.44 bits per heavy atom. The van der Waals surface area contributed by atoms with Crippen LogP contribution in [-0.4, -0.2) is 0 Å². The van der Waals surface area contributed by atoms with Crippen LogP contribution in [0.25, 0.3) is 0 Å². The fourth-order valence-corrected chi connectivity index (χ4v) is 4.43. The van der Waals surface area contributed by atoms with Crippen LogP contribution in [0.1, 0.15) is 55.2 Å². The van der Waals surface area contributed by atoms with Crippen LogP contribution < -0.4 is 0 Å². The Bertz CT molecular complexity index is 290. The molecule has 0 saturated heterocycles. The lowest BCUT2D eigenvalue weighted by molar-refractivity contribution is 0.607. The number of unbranched alkanes of at least 4 members (excludes halogenated alkanes) is 4. The van der Waals surface area contributed by atoms with Crippen LogP contribution in [0.2, 0.25) is 0 Å². The molecule has 1 aromatic rings. The molecule has 92 valence electrons. The van der Waals surface area contributed by atoms with E-state index in [2.05, 4.69) is 60.8 Å². The van der Waals surface area contributed by atoms with Gasteiger partial charge in [0, 0.05) is 14.2 Å². The molecule has 1 heterocycles. The summed E-state index contributed by atoms with van der Waals surface area (Å²) in [6.45, 7) is 2.26. The van der Waals surface area contributed by atoms with Crippen LogP contribution in [-0.2, 0) is 0 Å². The number of hydrogen-bond donors (Lipinski definition) is 0. The average Bonchev–Trinajstić information content (AvgIpc) is 2.59. The molecule has 0 fully saturated rings. The van der Waals surface area contributed by atoms with Crippen molar-refractivity contribution in [2.45, 2.75) is 50.3 Å². The third-order valence-corrected chi connectivity index (χ3v) is 7.16. The zero-order chi connectivity index (χ0) is 12.0. The lowest BCUT2D eigenvalue weighted by atomic mass is 10.1. The maximum Gasteiger partial charge on any atom is 0.0843 e. The van der Waals surface area contributed by atoms with E-state index in [0.29, 0.717) is 4.83 Å². The molecule has 4 heteroatoms. The van der Waals surface area contributed by atoms with E-state index < -0.39 is 0 Å². The Kier molecular flexibility index (Phi) is 7.86. The number of halogens is 3. The van der Waals surface area contributed by atoms with Gasteiger partial charge in [-0.25, -0.2) is 0 Å². The molecular weight excluding hydrogens is 416 g/mol. The van der Waals surface area contributed by atoms with E-state index in [4.69, 9.17) is 0 Å². The lowest BCUT2D eigenvalue weighted by Gasteiger charge is -2.06. The highest BCUT2D eigenvalue weighted by Gasteiger charge is 2.12. The molecule has 0 amide bonds. The van der Waals surface area contributed by atoms with Crippen LogP contribution in [0.3, 0.4) is 0 Å². The predicted molar refractivity (Wildman–Crippen MR) is 84.8 cm³/mol. The van der Waals surface area contributed by atoms with E-state index in [9.17, 15) is 0 Å². The van der Waals surface area contributed by atoms with E-state index in [1.807, 2.05) is 11.3 Å². The van der Waals surface area contributed by atoms with Gasteiger partial charge in [-0.05, 0) is 44.3 Å². The van der Waals surface area contributed by atoms with Crippen molar-refractivity contribution in [2.75, 3.05) is 0 Å². The highest BCUT2D eigenvalue weighted by atomic mass is 79.9. The predicted octanol–water partition coefficient (Wildman–Crippen LogP) is 7.07. The first-order chi connectivity index (χ1) is 7.65. The fraction of sp³-hybridized carbons (Fsp3) is 0.667. The van der Waals surface area contributed by atoms with Gasteiger partial charge in [-0.1, -0.05) is 55.0 Å². The molecule has 0 bridgehead atoms.